The Bertz CT molecular complexity index is 764. The van der Waals surface area contributed by atoms with Gasteiger partial charge >= 0.3 is 0 Å². The molecule has 0 aliphatic rings. The van der Waals surface area contributed by atoms with Gasteiger partial charge in [0.15, 0.2) is 0 Å². The van der Waals surface area contributed by atoms with Gasteiger partial charge in [0.2, 0.25) is 0 Å². The smallest absolute Gasteiger partial charge is 0 e. The average molecular weight is 409 g/mol. The molecule has 0 amide bonds. The van der Waals surface area contributed by atoms with Crippen molar-refractivity contribution < 1.29 is 26.2 Å². The molecule has 1 heteroatoms. The maximum Gasteiger partial charge on any atom is 0 e. The molecule has 0 atom stereocenters. The zero-order valence-corrected chi connectivity index (χ0v) is 18.1. The van der Waals surface area contributed by atoms with Crippen molar-refractivity contribution in [3.05, 3.63) is 65.7 Å². The molecule has 3 rings (SSSR count). The average Bonchev–Trinajstić information content (AvgIpc) is 3.03. The number of unbranched alkanes of at least 4 members (excludes halogenated alkanes) is 3. The zero-order chi connectivity index (χ0) is 16.8. The molecular formula is C24H29Zr-. The zero-order valence-electron chi connectivity index (χ0n) is 15.6. The molecule has 0 bridgehead atoms. The molecule has 0 spiro atoms. The second kappa shape index (κ2) is 10.2. The van der Waals surface area contributed by atoms with E-state index in [-0.39, 0.29) is 26.2 Å². The van der Waals surface area contributed by atoms with Crippen LogP contribution in [0.4, 0.5) is 0 Å². The second-order valence-corrected chi connectivity index (χ2v) is 6.93. The molecule has 0 aliphatic carbocycles. The Morgan fingerprint density at radius 1 is 0.800 bits per heavy atom. The summed E-state index contributed by atoms with van der Waals surface area (Å²) >= 11 is 0. The van der Waals surface area contributed by atoms with Crippen molar-refractivity contribution in [2.75, 3.05) is 0 Å². The van der Waals surface area contributed by atoms with Crippen molar-refractivity contribution in [3.8, 4) is 11.1 Å². The van der Waals surface area contributed by atoms with Crippen LogP contribution in [-0.2, 0) is 39.0 Å². The summed E-state index contributed by atoms with van der Waals surface area (Å²) in [4.78, 5) is 0. The van der Waals surface area contributed by atoms with Crippen LogP contribution in [0.3, 0.4) is 0 Å². The Labute approximate surface area is 172 Å². The van der Waals surface area contributed by atoms with Crippen molar-refractivity contribution in [1.82, 2.24) is 0 Å². The molecule has 130 valence electrons. The van der Waals surface area contributed by atoms with Crippen molar-refractivity contribution in [2.24, 2.45) is 0 Å². The van der Waals surface area contributed by atoms with Gasteiger partial charge in [-0.05, 0) is 24.0 Å². The molecular weight excluding hydrogens is 379 g/mol. The van der Waals surface area contributed by atoms with Gasteiger partial charge in [-0.15, -0.1) is 34.5 Å². The molecule has 0 radical (unpaired) electrons. The first kappa shape index (κ1) is 20.2. The van der Waals surface area contributed by atoms with E-state index in [0.717, 1.165) is 0 Å². The molecule has 3 aromatic carbocycles. The molecule has 0 saturated carbocycles. The van der Waals surface area contributed by atoms with Gasteiger partial charge in [-0.25, -0.2) is 0 Å². The van der Waals surface area contributed by atoms with Crippen molar-refractivity contribution in [1.29, 1.82) is 0 Å². The topological polar surface area (TPSA) is 0 Å². The number of aryl methyl sites for hydroxylation is 2. The van der Waals surface area contributed by atoms with Crippen LogP contribution in [0, 0.1) is 0 Å². The van der Waals surface area contributed by atoms with E-state index in [1.807, 2.05) is 0 Å². The minimum Gasteiger partial charge on any atom is -0.164 e. The van der Waals surface area contributed by atoms with E-state index in [1.165, 1.54) is 78.0 Å². The quantitative estimate of drug-likeness (QED) is 0.271. The van der Waals surface area contributed by atoms with E-state index in [9.17, 15) is 0 Å². The van der Waals surface area contributed by atoms with E-state index in [1.54, 1.807) is 0 Å². The number of hydrogen-bond acceptors (Lipinski definition) is 0. The SMILES string of the molecule is CCCCCCc1cc2c(-c3ccc(CCC)cc3)cccc2[cH-]1.[Zr]. The number of rotatable bonds is 8. The summed E-state index contributed by atoms with van der Waals surface area (Å²) in [5.41, 5.74) is 5.64. The van der Waals surface area contributed by atoms with Gasteiger partial charge in [0, 0.05) is 26.2 Å². The predicted molar refractivity (Wildman–Crippen MR) is 107 cm³/mol. The van der Waals surface area contributed by atoms with Crippen LogP contribution in [0.2, 0.25) is 0 Å². The third kappa shape index (κ3) is 5.21. The Kier molecular flexibility index (Phi) is 8.24. The van der Waals surface area contributed by atoms with Crippen LogP contribution in [0.1, 0.15) is 57.1 Å². The normalized spacial score (nSPS) is 10.8. The molecule has 0 saturated heterocycles. The fourth-order valence-electron chi connectivity index (χ4n) is 3.59. The first-order valence-electron chi connectivity index (χ1n) is 9.59. The molecule has 0 unspecified atom stereocenters. The first-order valence-corrected chi connectivity index (χ1v) is 9.59. The minimum atomic E-state index is 0. The van der Waals surface area contributed by atoms with E-state index in [0.29, 0.717) is 0 Å². The van der Waals surface area contributed by atoms with Crippen LogP contribution in [0.25, 0.3) is 21.9 Å². The van der Waals surface area contributed by atoms with Crippen LogP contribution in [-0.4, -0.2) is 0 Å². The summed E-state index contributed by atoms with van der Waals surface area (Å²) < 4.78 is 0. The van der Waals surface area contributed by atoms with Crippen molar-refractivity contribution >= 4 is 10.8 Å². The van der Waals surface area contributed by atoms with Crippen LogP contribution in [0.5, 0.6) is 0 Å². The summed E-state index contributed by atoms with van der Waals surface area (Å²) in [5, 5.41) is 2.79. The van der Waals surface area contributed by atoms with Crippen molar-refractivity contribution in [3.63, 3.8) is 0 Å². The van der Waals surface area contributed by atoms with Gasteiger partial charge in [0.05, 0.1) is 0 Å². The number of hydrogen-bond donors (Lipinski definition) is 0. The molecule has 0 aliphatic heterocycles. The predicted octanol–water partition coefficient (Wildman–Crippen LogP) is 7.30. The molecule has 0 N–H and O–H groups in total. The number of benzene rings is 2. The largest absolute Gasteiger partial charge is 0.164 e. The number of fused-ring (bicyclic) bond motifs is 1. The van der Waals surface area contributed by atoms with E-state index >= 15 is 0 Å². The van der Waals surface area contributed by atoms with E-state index < -0.39 is 0 Å². The third-order valence-corrected chi connectivity index (χ3v) is 4.93. The van der Waals surface area contributed by atoms with Crippen LogP contribution in [0.15, 0.2) is 54.6 Å². The Hall–Kier alpha value is -1.07. The molecule has 0 nitrogen and oxygen atoms in total. The summed E-state index contributed by atoms with van der Waals surface area (Å²) in [6.07, 6.45) is 8.91. The van der Waals surface area contributed by atoms with Gasteiger partial charge in [-0.3, -0.25) is 0 Å². The molecule has 0 fully saturated rings. The molecule has 3 aromatic rings. The summed E-state index contributed by atoms with van der Waals surface area (Å²) in [7, 11) is 0. The van der Waals surface area contributed by atoms with Gasteiger partial charge < -0.3 is 0 Å². The summed E-state index contributed by atoms with van der Waals surface area (Å²) in [6.45, 7) is 4.51. The van der Waals surface area contributed by atoms with E-state index in [2.05, 4.69) is 68.4 Å². The van der Waals surface area contributed by atoms with Crippen LogP contribution >= 0.6 is 0 Å². The maximum atomic E-state index is 2.41. The summed E-state index contributed by atoms with van der Waals surface area (Å²) in [6, 6.07) is 20.6. The molecule has 0 aromatic heterocycles. The Balaban J connectivity index is 0.00000225. The van der Waals surface area contributed by atoms with Gasteiger partial charge in [0.25, 0.3) is 0 Å². The van der Waals surface area contributed by atoms with Gasteiger partial charge in [-0.2, -0.15) is 6.07 Å². The third-order valence-electron chi connectivity index (χ3n) is 4.93. The van der Waals surface area contributed by atoms with E-state index in [4.69, 9.17) is 0 Å². The summed E-state index contributed by atoms with van der Waals surface area (Å²) in [5.74, 6) is 0. The standard InChI is InChI=1S/C24H29.Zr/c1-3-5-6-7-10-20-17-22-11-8-12-23(24(22)18-20)21-15-13-19(9-4-2)14-16-21;/h8,11-18H,3-7,9-10H2,1-2H3;/q-1;. The Morgan fingerprint density at radius 2 is 1.60 bits per heavy atom. The fraction of sp³-hybridized carbons (Fsp3) is 0.375. The minimum absolute atomic E-state index is 0. The van der Waals surface area contributed by atoms with Gasteiger partial charge in [0.1, 0.15) is 0 Å². The maximum absolute atomic E-state index is 2.41. The first-order chi connectivity index (χ1) is 11.8. The van der Waals surface area contributed by atoms with Gasteiger partial charge in [-0.1, -0.05) is 81.8 Å². The second-order valence-electron chi connectivity index (χ2n) is 6.93. The van der Waals surface area contributed by atoms with Crippen molar-refractivity contribution in [2.45, 2.75) is 58.8 Å². The monoisotopic (exact) mass is 407 g/mol. The Morgan fingerprint density at radius 3 is 2.32 bits per heavy atom. The van der Waals surface area contributed by atoms with Crippen LogP contribution < -0.4 is 0 Å². The molecule has 0 heterocycles. The fourth-order valence-corrected chi connectivity index (χ4v) is 3.59. The molecule has 25 heavy (non-hydrogen) atoms.